The molecule has 21 heavy (non-hydrogen) atoms. The molecule has 0 unspecified atom stereocenters. The molecule has 0 aliphatic carbocycles. The average Bonchev–Trinajstić information content (AvgIpc) is 2.36. The van der Waals surface area contributed by atoms with Gasteiger partial charge in [0.15, 0.2) is 0 Å². The van der Waals surface area contributed by atoms with Crippen molar-refractivity contribution in [3.8, 4) is 0 Å². The zero-order valence-corrected chi connectivity index (χ0v) is 14.0. The van der Waals surface area contributed by atoms with Crippen molar-refractivity contribution in [1.29, 1.82) is 0 Å². The van der Waals surface area contributed by atoms with Gasteiger partial charge in [0, 0.05) is 25.2 Å². The lowest BCUT2D eigenvalue weighted by molar-refractivity contribution is 0.179. The lowest BCUT2D eigenvalue weighted by atomic mass is 10.2. The van der Waals surface area contributed by atoms with Gasteiger partial charge in [-0.05, 0) is 45.4 Å². The Labute approximate surface area is 127 Å². The molecule has 1 aromatic carbocycles. The lowest BCUT2D eigenvalue weighted by Crippen LogP contribution is -2.42. The van der Waals surface area contributed by atoms with E-state index in [1.165, 1.54) is 24.3 Å². The first-order chi connectivity index (χ1) is 9.71. The van der Waals surface area contributed by atoms with E-state index < -0.39 is 10.0 Å². The van der Waals surface area contributed by atoms with E-state index in [2.05, 4.69) is 37.3 Å². The minimum absolute atomic E-state index is 0.128. The van der Waals surface area contributed by atoms with Gasteiger partial charge in [-0.25, -0.2) is 17.5 Å². The fourth-order valence-electron chi connectivity index (χ4n) is 2.29. The van der Waals surface area contributed by atoms with Crippen molar-refractivity contribution in [2.45, 2.75) is 45.5 Å². The fourth-order valence-corrected chi connectivity index (χ4v) is 3.43. The van der Waals surface area contributed by atoms with Crippen LogP contribution in [0.1, 0.15) is 33.3 Å². The lowest BCUT2D eigenvalue weighted by Gasteiger charge is -2.30. The number of benzene rings is 1. The van der Waals surface area contributed by atoms with Gasteiger partial charge in [0.05, 0.1) is 5.75 Å². The van der Waals surface area contributed by atoms with Crippen molar-refractivity contribution in [2.24, 2.45) is 0 Å². The third kappa shape index (κ3) is 6.54. The quantitative estimate of drug-likeness (QED) is 0.801. The van der Waals surface area contributed by atoms with Crippen LogP contribution in [0.3, 0.4) is 0 Å². The molecule has 1 N–H and O–H groups in total. The Morgan fingerprint density at radius 2 is 1.62 bits per heavy atom. The standard InChI is InChI=1S/C15H25FN2O2S/c1-12(2)18(13(3)4)10-9-17-21(19,20)11-14-5-7-15(16)8-6-14/h5-8,12-13,17H,9-11H2,1-4H3. The highest BCUT2D eigenvalue weighted by atomic mass is 32.2. The van der Waals surface area contributed by atoms with Crippen LogP contribution in [0.25, 0.3) is 0 Å². The van der Waals surface area contributed by atoms with Crippen LogP contribution in [-0.4, -0.2) is 38.5 Å². The van der Waals surface area contributed by atoms with E-state index in [1.807, 2.05) is 0 Å². The molecule has 120 valence electrons. The van der Waals surface area contributed by atoms with Gasteiger partial charge in [-0.1, -0.05) is 12.1 Å². The molecule has 4 nitrogen and oxygen atoms in total. The monoisotopic (exact) mass is 316 g/mol. The number of halogens is 1. The number of nitrogens with one attached hydrogen (secondary N) is 1. The highest BCUT2D eigenvalue weighted by molar-refractivity contribution is 7.88. The molecule has 0 bridgehead atoms. The fraction of sp³-hybridized carbons (Fsp3) is 0.600. The van der Waals surface area contributed by atoms with Crippen LogP contribution in [0.15, 0.2) is 24.3 Å². The van der Waals surface area contributed by atoms with Gasteiger partial charge in [0.25, 0.3) is 0 Å². The summed E-state index contributed by atoms with van der Waals surface area (Å²) in [4.78, 5) is 2.22. The van der Waals surface area contributed by atoms with Gasteiger partial charge in [-0.3, -0.25) is 4.90 Å². The molecule has 1 aromatic rings. The minimum Gasteiger partial charge on any atom is -0.297 e. The molecule has 0 atom stereocenters. The summed E-state index contributed by atoms with van der Waals surface area (Å²) in [6.45, 7) is 9.40. The molecule has 0 aromatic heterocycles. The van der Waals surface area contributed by atoms with Crippen molar-refractivity contribution in [3.05, 3.63) is 35.6 Å². The number of nitrogens with zero attached hydrogens (tertiary/aromatic N) is 1. The van der Waals surface area contributed by atoms with Gasteiger partial charge in [0.1, 0.15) is 5.82 Å². The SMILES string of the molecule is CC(C)N(CCNS(=O)(=O)Cc1ccc(F)cc1)C(C)C. The Hall–Kier alpha value is -0.980. The normalized spacial score (nSPS) is 12.6. The molecule has 0 amide bonds. The van der Waals surface area contributed by atoms with Gasteiger partial charge < -0.3 is 0 Å². The molecule has 0 saturated heterocycles. The van der Waals surface area contributed by atoms with E-state index in [4.69, 9.17) is 0 Å². The van der Waals surface area contributed by atoms with E-state index in [0.29, 0.717) is 30.7 Å². The molecule has 0 spiro atoms. The summed E-state index contributed by atoms with van der Waals surface area (Å²) >= 11 is 0. The van der Waals surface area contributed by atoms with Crippen LogP contribution in [0.5, 0.6) is 0 Å². The summed E-state index contributed by atoms with van der Waals surface area (Å²) < 4.78 is 39.4. The number of hydrogen-bond donors (Lipinski definition) is 1. The highest BCUT2D eigenvalue weighted by Gasteiger charge is 2.15. The Balaban J connectivity index is 2.51. The third-order valence-electron chi connectivity index (χ3n) is 3.29. The molecule has 0 saturated carbocycles. The maximum absolute atomic E-state index is 12.8. The van der Waals surface area contributed by atoms with Crippen molar-refractivity contribution in [2.75, 3.05) is 13.1 Å². The summed E-state index contributed by atoms with van der Waals surface area (Å²) in [5.74, 6) is -0.495. The number of rotatable bonds is 8. The predicted molar refractivity (Wildman–Crippen MR) is 84.0 cm³/mol. The van der Waals surface area contributed by atoms with E-state index in [0.717, 1.165) is 0 Å². The second-order valence-corrected chi connectivity index (χ2v) is 7.51. The maximum Gasteiger partial charge on any atom is 0.215 e. The van der Waals surface area contributed by atoms with Crippen molar-refractivity contribution in [3.63, 3.8) is 0 Å². The third-order valence-corrected chi connectivity index (χ3v) is 4.65. The van der Waals surface area contributed by atoms with Crippen LogP contribution in [0, 0.1) is 5.82 Å². The van der Waals surface area contributed by atoms with E-state index >= 15 is 0 Å². The Morgan fingerprint density at radius 1 is 1.10 bits per heavy atom. The molecular formula is C15H25FN2O2S. The van der Waals surface area contributed by atoms with Crippen LogP contribution in [-0.2, 0) is 15.8 Å². The van der Waals surface area contributed by atoms with Crippen LogP contribution < -0.4 is 4.72 Å². The van der Waals surface area contributed by atoms with E-state index in [-0.39, 0.29) is 11.6 Å². The summed E-state index contributed by atoms with van der Waals surface area (Å²) in [7, 11) is -3.39. The van der Waals surface area contributed by atoms with Crippen LogP contribution >= 0.6 is 0 Å². The summed E-state index contributed by atoms with van der Waals surface area (Å²) in [5.41, 5.74) is 0.577. The van der Waals surface area contributed by atoms with Crippen LogP contribution in [0.2, 0.25) is 0 Å². The number of sulfonamides is 1. The van der Waals surface area contributed by atoms with Gasteiger partial charge in [0.2, 0.25) is 10.0 Å². The van der Waals surface area contributed by atoms with Gasteiger partial charge in [-0.15, -0.1) is 0 Å². The molecule has 0 aliphatic heterocycles. The molecule has 0 radical (unpaired) electrons. The smallest absolute Gasteiger partial charge is 0.215 e. The van der Waals surface area contributed by atoms with Crippen molar-refractivity contribution in [1.82, 2.24) is 9.62 Å². The number of hydrogen-bond acceptors (Lipinski definition) is 3. The first-order valence-corrected chi connectivity index (χ1v) is 8.84. The predicted octanol–water partition coefficient (Wildman–Crippen LogP) is 2.36. The Bertz CT molecular complexity index is 519. The molecule has 0 fully saturated rings. The molecule has 1 rings (SSSR count). The summed E-state index contributed by atoms with van der Waals surface area (Å²) in [5, 5.41) is 0. The Morgan fingerprint density at radius 3 is 2.10 bits per heavy atom. The van der Waals surface area contributed by atoms with Crippen LogP contribution in [0.4, 0.5) is 4.39 Å². The maximum atomic E-state index is 12.8. The molecule has 6 heteroatoms. The van der Waals surface area contributed by atoms with Gasteiger partial charge in [-0.2, -0.15) is 0 Å². The summed E-state index contributed by atoms with van der Waals surface area (Å²) in [6.07, 6.45) is 0. The largest absolute Gasteiger partial charge is 0.297 e. The first-order valence-electron chi connectivity index (χ1n) is 7.19. The second-order valence-electron chi connectivity index (χ2n) is 5.71. The van der Waals surface area contributed by atoms with Crippen molar-refractivity contribution < 1.29 is 12.8 Å². The highest BCUT2D eigenvalue weighted by Crippen LogP contribution is 2.07. The van der Waals surface area contributed by atoms with Gasteiger partial charge >= 0.3 is 0 Å². The van der Waals surface area contributed by atoms with E-state index in [9.17, 15) is 12.8 Å². The first kappa shape index (κ1) is 18.1. The molecule has 0 aliphatic rings. The second kappa shape index (κ2) is 7.87. The summed E-state index contributed by atoms with van der Waals surface area (Å²) in [6, 6.07) is 6.25. The zero-order chi connectivity index (χ0) is 16.0. The average molecular weight is 316 g/mol. The topological polar surface area (TPSA) is 49.4 Å². The minimum atomic E-state index is -3.39. The molecular weight excluding hydrogens is 291 g/mol. The zero-order valence-electron chi connectivity index (χ0n) is 13.1. The van der Waals surface area contributed by atoms with E-state index in [1.54, 1.807) is 0 Å². The molecule has 0 heterocycles. The van der Waals surface area contributed by atoms with Crippen molar-refractivity contribution >= 4 is 10.0 Å². The Kier molecular flexibility index (Phi) is 6.77.